The lowest BCUT2D eigenvalue weighted by Gasteiger charge is -2.00. The molecule has 1 aromatic heterocycles. The molecule has 0 unspecified atom stereocenters. The molecule has 0 radical (unpaired) electrons. The zero-order chi connectivity index (χ0) is 13.1. The van der Waals surface area contributed by atoms with Crippen molar-refractivity contribution in [3.8, 4) is 0 Å². The van der Waals surface area contributed by atoms with E-state index in [0.717, 1.165) is 10.1 Å². The van der Waals surface area contributed by atoms with Crippen LogP contribution in [0.2, 0.25) is 0 Å². The maximum atomic E-state index is 11.8. The maximum Gasteiger partial charge on any atom is 0.261 e. The van der Waals surface area contributed by atoms with E-state index in [9.17, 15) is 9.59 Å². The van der Waals surface area contributed by atoms with E-state index in [1.54, 1.807) is 12.1 Å². The van der Waals surface area contributed by atoms with Crippen LogP contribution in [0.25, 0.3) is 10.1 Å². The Morgan fingerprint density at radius 1 is 1.28 bits per heavy atom. The minimum atomic E-state index is -0.431. The Morgan fingerprint density at radius 3 is 2.78 bits per heavy atom. The highest BCUT2D eigenvalue weighted by Crippen LogP contribution is 2.27. The molecule has 2 aromatic rings. The summed E-state index contributed by atoms with van der Waals surface area (Å²) in [5.41, 5.74) is 11.3. The van der Waals surface area contributed by atoms with Crippen LogP contribution < -0.4 is 16.8 Å². The Bertz CT molecular complexity index is 606. The van der Waals surface area contributed by atoms with E-state index in [-0.39, 0.29) is 18.9 Å². The first kappa shape index (κ1) is 12.4. The van der Waals surface area contributed by atoms with E-state index < -0.39 is 5.91 Å². The zero-order valence-corrected chi connectivity index (χ0v) is 10.4. The summed E-state index contributed by atoms with van der Waals surface area (Å²) in [6, 6.07) is 7.30. The molecule has 5 N–H and O–H groups in total. The molecule has 0 aliphatic carbocycles. The average Bonchev–Trinajstić information content (AvgIpc) is 2.71. The van der Waals surface area contributed by atoms with E-state index in [2.05, 4.69) is 5.32 Å². The van der Waals surface area contributed by atoms with E-state index >= 15 is 0 Å². The van der Waals surface area contributed by atoms with Crippen molar-refractivity contribution >= 4 is 38.9 Å². The number of hydrogen-bond acceptors (Lipinski definition) is 4. The van der Waals surface area contributed by atoms with E-state index in [1.165, 1.54) is 11.3 Å². The molecule has 0 aliphatic heterocycles. The molecule has 5 nitrogen and oxygen atoms in total. The van der Waals surface area contributed by atoms with E-state index in [4.69, 9.17) is 11.5 Å². The van der Waals surface area contributed by atoms with Crippen LogP contribution in [0, 0.1) is 0 Å². The number of nitrogens with two attached hydrogens (primary N) is 2. The van der Waals surface area contributed by atoms with Gasteiger partial charge in [0.2, 0.25) is 5.91 Å². The first-order valence-corrected chi connectivity index (χ1v) is 6.23. The highest BCUT2D eigenvalue weighted by molar-refractivity contribution is 7.20. The molecular formula is C12H13N3O2S. The summed E-state index contributed by atoms with van der Waals surface area (Å²) in [6.07, 6.45) is 0.142. The molecule has 94 valence electrons. The van der Waals surface area contributed by atoms with Gasteiger partial charge >= 0.3 is 0 Å². The molecule has 1 aromatic carbocycles. The summed E-state index contributed by atoms with van der Waals surface area (Å²) in [5.74, 6) is -0.629. The van der Waals surface area contributed by atoms with Crippen LogP contribution in [-0.4, -0.2) is 18.4 Å². The van der Waals surface area contributed by atoms with Gasteiger partial charge < -0.3 is 16.8 Å². The largest absolute Gasteiger partial charge is 0.399 e. The lowest BCUT2D eigenvalue weighted by molar-refractivity contribution is -0.117. The van der Waals surface area contributed by atoms with Gasteiger partial charge in [0.05, 0.1) is 4.88 Å². The van der Waals surface area contributed by atoms with Crippen LogP contribution >= 0.6 is 11.3 Å². The molecule has 0 bridgehead atoms. The highest BCUT2D eigenvalue weighted by Gasteiger charge is 2.10. The number of carbonyl (C=O) groups is 2. The third-order valence-corrected chi connectivity index (χ3v) is 3.54. The van der Waals surface area contributed by atoms with Gasteiger partial charge in [-0.2, -0.15) is 0 Å². The molecular weight excluding hydrogens is 250 g/mol. The number of benzene rings is 1. The average molecular weight is 263 g/mol. The van der Waals surface area contributed by atoms with Gasteiger partial charge in [-0.05, 0) is 29.7 Å². The molecule has 0 aliphatic rings. The van der Waals surface area contributed by atoms with Crippen LogP contribution in [0.5, 0.6) is 0 Å². The third kappa shape index (κ3) is 2.78. The Balaban J connectivity index is 2.10. The summed E-state index contributed by atoms with van der Waals surface area (Å²) in [7, 11) is 0. The molecule has 2 rings (SSSR count). The second-order valence-electron chi connectivity index (χ2n) is 3.88. The van der Waals surface area contributed by atoms with Crippen molar-refractivity contribution in [3.05, 3.63) is 29.1 Å². The first-order chi connectivity index (χ1) is 8.56. The molecule has 0 atom stereocenters. The van der Waals surface area contributed by atoms with Gasteiger partial charge in [-0.15, -0.1) is 11.3 Å². The summed E-state index contributed by atoms with van der Waals surface area (Å²) in [6.45, 7) is 0.255. The fourth-order valence-electron chi connectivity index (χ4n) is 1.56. The summed E-state index contributed by atoms with van der Waals surface area (Å²) >= 11 is 1.39. The number of carbonyl (C=O) groups excluding carboxylic acids is 2. The fourth-order valence-corrected chi connectivity index (χ4v) is 2.52. The number of primary amides is 1. The number of fused-ring (bicyclic) bond motifs is 1. The van der Waals surface area contributed by atoms with Gasteiger partial charge in [0.15, 0.2) is 0 Å². The van der Waals surface area contributed by atoms with Crippen molar-refractivity contribution in [1.82, 2.24) is 5.32 Å². The molecule has 18 heavy (non-hydrogen) atoms. The van der Waals surface area contributed by atoms with Crippen molar-refractivity contribution in [2.75, 3.05) is 12.3 Å². The lowest BCUT2D eigenvalue weighted by atomic mass is 10.2. The number of nitrogens with one attached hydrogen (secondary N) is 1. The third-order valence-electron chi connectivity index (χ3n) is 2.42. The predicted octanol–water partition coefficient (Wildman–Crippen LogP) is 1.09. The Hall–Kier alpha value is -2.08. The Labute approximate surface area is 108 Å². The second-order valence-corrected chi connectivity index (χ2v) is 4.96. The Morgan fingerprint density at radius 2 is 2.06 bits per heavy atom. The standard InChI is InChI=1S/C12H13N3O2S/c13-8-1-2-9-7(5-8)6-10(18-9)12(17)15-4-3-11(14)16/h1-2,5-6H,3-4,13H2,(H2,14,16)(H,15,17). The van der Waals surface area contributed by atoms with Gasteiger partial charge in [0.25, 0.3) is 5.91 Å². The number of thiophene rings is 1. The second kappa shape index (κ2) is 5.05. The van der Waals surface area contributed by atoms with Crippen LogP contribution in [-0.2, 0) is 4.79 Å². The fraction of sp³-hybridized carbons (Fsp3) is 0.167. The van der Waals surface area contributed by atoms with Gasteiger partial charge in [0, 0.05) is 23.4 Å². The van der Waals surface area contributed by atoms with E-state index in [1.807, 2.05) is 12.1 Å². The summed E-state index contributed by atoms with van der Waals surface area (Å²) in [4.78, 5) is 22.9. The number of nitrogen functional groups attached to an aromatic ring is 1. The van der Waals surface area contributed by atoms with Crippen LogP contribution in [0.3, 0.4) is 0 Å². The monoisotopic (exact) mass is 263 g/mol. The van der Waals surface area contributed by atoms with Crippen molar-refractivity contribution < 1.29 is 9.59 Å². The van der Waals surface area contributed by atoms with Gasteiger partial charge in [-0.25, -0.2) is 0 Å². The SMILES string of the molecule is NC(=O)CCNC(=O)c1cc2cc(N)ccc2s1. The van der Waals surface area contributed by atoms with Crippen molar-refractivity contribution in [2.24, 2.45) is 5.73 Å². The first-order valence-electron chi connectivity index (χ1n) is 5.42. The minimum absolute atomic E-state index is 0.142. The normalized spacial score (nSPS) is 10.4. The maximum absolute atomic E-state index is 11.8. The predicted molar refractivity (Wildman–Crippen MR) is 72.4 cm³/mol. The van der Waals surface area contributed by atoms with E-state index in [0.29, 0.717) is 10.6 Å². The van der Waals surface area contributed by atoms with Crippen LogP contribution in [0.15, 0.2) is 24.3 Å². The molecule has 1 heterocycles. The molecule has 0 saturated carbocycles. The van der Waals surface area contributed by atoms with Crippen molar-refractivity contribution in [2.45, 2.75) is 6.42 Å². The molecule has 0 saturated heterocycles. The van der Waals surface area contributed by atoms with Crippen LogP contribution in [0.4, 0.5) is 5.69 Å². The number of hydrogen-bond donors (Lipinski definition) is 3. The molecule has 2 amide bonds. The van der Waals surface area contributed by atoms with Gasteiger partial charge in [-0.3, -0.25) is 9.59 Å². The minimum Gasteiger partial charge on any atom is -0.399 e. The number of amides is 2. The number of anilines is 1. The quantitative estimate of drug-likeness (QED) is 0.720. The topological polar surface area (TPSA) is 98.2 Å². The highest BCUT2D eigenvalue weighted by atomic mass is 32.1. The number of rotatable bonds is 4. The summed E-state index contributed by atoms with van der Waals surface area (Å²) < 4.78 is 1.00. The van der Waals surface area contributed by atoms with Crippen molar-refractivity contribution in [3.63, 3.8) is 0 Å². The zero-order valence-electron chi connectivity index (χ0n) is 9.60. The van der Waals surface area contributed by atoms with Gasteiger partial charge in [0.1, 0.15) is 0 Å². The smallest absolute Gasteiger partial charge is 0.261 e. The van der Waals surface area contributed by atoms with Gasteiger partial charge in [-0.1, -0.05) is 0 Å². The van der Waals surface area contributed by atoms with Crippen molar-refractivity contribution in [1.29, 1.82) is 0 Å². The molecule has 6 heteroatoms. The van der Waals surface area contributed by atoms with Crippen LogP contribution in [0.1, 0.15) is 16.1 Å². The molecule has 0 fully saturated rings. The lowest BCUT2D eigenvalue weighted by Crippen LogP contribution is -2.27. The summed E-state index contributed by atoms with van der Waals surface area (Å²) in [5, 5.41) is 3.59. The Kier molecular flexibility index (Phi) is 3.47. The molecule has 0 spiro atoms.